The van der Waals surface area contributed by atoms with Gasteiger partial charge in [0.25, 0.3) is 0 Å². The number of aliphatic carboxylic acids is 1. The SMILES string of the molecule is C=C(CC)C(C)(C)C(C)(CC(C)(C)C)C(=O)O. The molecule has 0 rings (SSSR count). The van der Waals surface area contributed by atoms with E-state index in [1.54, 1.807) is 0 Å². The second-order valence-electron chi connectivity index (χ2n) is 6.96. The third-order valence-electron chi connectivity index (χ3n) is 4.05. The van der Waals surface area contributed by atoms with E-state index in [2.05, 4.69) is 27.4 Å². The van der Waals surface area contributed by atoms with Crippen LogP contribution in [0.2, 0.25) is 0 Å². The number of hydrogen-bond acceptors (Lipinski definition) is 1. The van der Waals surface area contributed by atoms with Gasteiger partial charge in [-0.25, -0.2) is 0 Å². The quantitative estimate of drug-likeness (QED) is 0.718. The fourth-order valence-corrected chi connectivity index (χ4v) is 2.46. The summed E-state index contributed by atoms with van der Waals surface area (Å²) in [5.41, 5.74) is -0.191. The second-order valence-corrected chi connectivity index (χ2v) is 6.96. The first kappa shape index (κ1) is 16.2. The van der Waals surface area contributed by atoms with Crippen molar-refractivity contribution in [2.24, 2.45) is 16.2 Å². The summed E-state index contributed by atoms with van der Waals surface area (Å²) in [6, 6.07) is 0. The highest BCUT2D eigenvalue weighted by atomic mass is 16.4. The van der Waals surface area contributed by atoms with Crippen LogP contribution in [0.15, 0.2) is 12.2 Å². The van der Waals surface area contributed by atoms with Crippen LogP contribution in [-0.4, -0.2) is 11.1 Å². The Morgan fingerprint density at radius 1 is 1.12 bits per heavy atom. The van der Waals surface area contributed by atoms with Crippen LogP contribution in [0.5, 0.6) is 0 Å². The molecule has 0 aromatic heterocycles. The third kappa shape index (κ3) is 3.34. The van der Waals surface area contributed by atoms with Gasteiger partial charge in [-0.3, -0.25) is 4.79 Å². The predicted molar refractivity (Wildman–Crippen MR) is 73.0 cm³/mol. The Bertz CT molecular complexity index is 307. The van der Waals surface area contributed by atoms with Crippen LogP contribution in [0.25, 0.3) is 0 Å². The normalized spacial score (nSPS) is 16.4. The van der Waals surface area contributed by atoms with Crippen LogP contribution >= 0.6 is 0 Å². The lowest BCUT2D eigenvalue weighted by Gasteiger charge is -2.45. The van der Waals surface area contributed by atoms with E-state index in [0.29, 0.717) is 6.42 Å². The van der Waals surface area contributed by atoms with E-state index in [-0.39, 0.29) is 5.41 Å². The Hall–Kier alpha value is -0.790. The molecule has 0 saturated heterocycles. The van der Waals surface area contributed by atoms with E-state index in [9.17, 15) is 9.90 Å². The molecule has 0 aliphatic heterocycles. The van der Waals surface area contributed by atoms with Crippen molar-refractivity contribution in [3.8, 4) is 0 Å². The predicted octanol–water partition coefficient (Wildman–Crippen LogP) is 4.51. The summed E-state index contributed by atoms with van der Waals surface area (Å²) in [5, 5.41) is 9.63. The van der Waals surface area contributed by atoms with Gasteiger partial charge in [-0.15, -0.1) is 0 Å². The first-order valence-electron chi connectivity index (χ1n) is 6.30. The summed E-state index contributed by atoms with van der Waals surface area (Å²) >= 11 is 0. The Morgan fingerprint density at radius 3 is 1.76 bits per heavy atom. The lowest BCUT2D eigenvalue weighted by molar-refractivity contribution is -0.156. The highest BCUT2D eigenvalue weighted by Crippen LogP contribution is 2.51. The van der Waals surface area contributed by atoms with Crippen LogP contribution in [0.4, 0.5) is 0 Å². The highest BCUT2D eigenvalue weighted by Gasteiger charge is 2.50. The molecule has 0 fully saturated rings. The molecule has 100 valence electrons. The average molecular weight is 240 g/mol. The first-order valence-corrected chi connectivity index (χ1v) is 6.30. The minimum atomic E-state index is -0.779. The Balaban J connectivity index is 5.50. The summed E-state index contributed by atoms with van der Waals surface area (Å²) in [6.45, 7) is 18.2. The largest absolute Gasteiger partial charge is 0.481 e. The van der Waals surface area contributed by atoms with Crippen LogP contribution in [0.1, 0.15) is 61.3 Å². The van der Waals surface area contributed by atoms with Gasteiger partial charge in [0.05, 0.1) is 5.41 Å². The topological polar surface area (TPSA) is 37.3 Å². The molecule has 1 N–H and O–H groups in total. The van der Waals surface area contributed by atoms with Gasteiger partial charge >= 0.3 is 5.97 Å². The van der Waals surface area contributed by atoms with Crippen molar-refractivity contribution in [2.45, 2.75) is 61.3 Å². The minimum absolute atomic E-state index is 0.0154. The van der Waals surface area contributed by atoms with Crippen molar-refractivity contribution in [2.75, 3.05) is 0 Å². The average Bonchev–Trinajstić information content (AvgIpc) is 2.13. The van der Waals surface area contributed by atoms with Gasteiger partial charge in [0.2, 0.25) is 0 Å². The zero-order valence-electron chi connectivity index (χ0n) is 12.5. The Labute approximate surface area is 106 Å². The molecule has 17 heavy (non-hydrogen) atoms. The number of carboxylic acids is 1. The van der Waals surface area contributed by atoms with Crippen LogP contribution in [-0.2, 0) is 4.79 Å². The van der Waals surface area contributed by atoms with Crippen LogP contribution in [0, 0.1) is 16.2 Å². The van der Waals surface area contributed by atoms with E-state index in [1.807, 2.05) is 27.7 Å². The van der Waals surface area contributed by atoms with Crippen molar-refractivity contribution in [3.63, 3.8) is 0 Å². The smallest absolute Gasteiger partial charge is 0.310 e. The molecular formula is C15H28O2. The minimum Gasteiger partial charge on any atom is -0.481 e. The molecule has 0 spiro atoms. The fourth-order valence-electron chi connectivity index (χ4n) is 2.46. The Morgan fingerprint density at radius 2 is 1.53 bits per heavy atom. The molecule has 2 nitrogen and oxygen atoms in total. The number of hydrogen-bond donors (Lipinski definition) is 1. The van der Waals surface area contributed by atoms with Crippen LogP contribution in [0.3, 0.4) is 0 Å². The zero-order valence-corrected chi connectivity index (χ0v) is 12.5. The van der Waals surface area contributed by atoms with Gasteiger partial charge in [-0.1, -0.05) is 53.7 Å². The molecule has 0 aliphatic rings. The number of carbonyl (C=O) groups is 1. The maximum atomic E-state index is 11.7. The van der Waals surface area contributed by atoms with Gasteiger partial charge in [-0.05, 0) is 25.2 Å². The fraction of sp³-hybridized carbons (Fsp3) is 0.800. The molecule has 0 aliphatic carbocycles. The first-order chi connectivity index (χ1) is 7.38. The van der Waals surface area contributed by atoms with Crippen molar-refractivity contribution in [1.29, 1.82) is 0 Å². The van der Waals surface area contributed by atoms with Crippen molar-refractivity contribution < 1.29 is 9.90 Å². The number of rotatable bonds is 5. The maximum absolute atomic E-state index is 11.7. The molecule has 0 aromatic rings. The summed E-state index contributed by atoms with van der Waals surface area (Å²) < 4.78 is 0. The number of carboxylic acid groups (broad SMARTS) is 1. The van der Waals surface area contributed by atoms with Crippen molar-refractivity contribution in [3.05, 3.63) is 12.2 Å². The Kier molecular flexibility index (Phi) is 4.61. The van der Waals surface area contributed by atoms with E-state index >= 15 is 0 Å². The van der Waals surface area contributed by atoms with E-state index in [0.717, 1.165) is 12.0 Å². The van der Waals surface area contributed by atoms with Gasteiger partial charge in [-0.2, -0.15) is 0 Å². The molecule has 0 amide bonds. The molecule has 0 saturated carbocycles. The van der Waals surface area contributed by atoms with Gasteiger partial charge in [0.15, 0.2) is 0 Å². The number of allylic oxidation sites excluding steroid dienone is 1. The van der Waals surface area contributed by atoms with Crippen molar-refractivity contribution in [1.82, 2.24) is 0 Å². The van der Waals surface area contributed by atoms with E-state index in [1.165, 1.54) is 0 Å². The summed E-state index contributed by atoms with van der Waals surface area (Å²) in [5.74, 6) is -0.730. The highest BCUT2D eigenvalue weighted by molar-refractivity contribution is 5.76. The zero-order chi connectivity index (χ0) is 14.1. The molecule has 0 heterocycles. The van der Waals surface area contributed by atoms with E-state index in [4.69, 9.17) is 0 Å². The summed E-state index contributed by atoms with van der Waals surface area (Å²) in [7, 11) is 0. The maximum Gasteiger partial charge on any atom is 0.310 e. The molecule has 2 heteroatoms. The second kappa shape index (κ2) is 4.83. The van der Waals surface area contributed by atoms with Gasteiger partial charge < -0.3 is 5.11 Å². The lowest BCUT2D eigenvalue weighted by Crippen LogP contribution is -2.45. The molecular weight excluding hydrogens is 212 g/mol. The summed E-state index contributed by atoms with van der Waals surface area (Å²) in [4.78, 5) is 11.7. The lowest BCUT2D eigenvalue weighted by atomic mass is 9.57. The summed E-state index contributed by atoms with van der Waals surface area (Å²) in [6.07, 6.45) is 1.46. The molecule has 0 aromatic carbocycles. The van der Waals surface area contributed by atoms with Gasteiger partial charge in [0.1, 0.15) is 0 Å². The molecule has 1 atom stereocenters. The third-order valence-corrected chi connectivity index (χ3v) is 4.05. The van der Waals surface area contributed by atoms with E-state index < -0.39 is 16.8 Å². The van der Waals surface area contributed by atoms with Crippen molar-refractivity contribution >= 4 is 5.97 Å². The standard InChI is InChI=1S/C15H28O2/c1-9-11(2)14(6,7)15(8,12(16)17)10-13(3,4)5/h2,9-10H2,1,3-8H3,(H,16,17). The molecule has 1 unspecified atom stereocenters. The van der Waals surface area contributed by atoms with Gasteiger partial charge in [0, 0.05) is 5.41 Å². The van der Waals surface area contributed by atoms with Crippen LogP contribution < -0.4 is 0 Å². The molecule has 0 radical (unpaired) electrons. The molecule has 0 bridgehead atoms. The monoisotopic (exact) mass is 240 g/mol.